The largest absolute Gasteiger partial charge is 0.378 e. The highest BCUT2D eigenvalue weighted by Crippen LogP contribution is 2.24. The smallest absolute Gasteiger partial charge is 0.138 e. The molecule has 0 spiro atoms. The molecule has 1 saturated heterocycles. The van der Waals surface area contributed by atoms with Crippen LogP contribution in [0.2, 0.25) is 0 Å². The van der Waals surface area contributed by atoms with Crippen LogP contribution in [0.5, 0.6) is 0 Å². The third-order valence-electron chi connectivity index (χ3n) is 3.59. The van der Waals surface area contributed by atoms with Crippen LogP contribution in [0.3, 0.4) is 0 Å². The first-order chi connectivity index (χ1) is 9.88. The third kappa shape index (κ3) is 4.56. The zero-order valence-corrected chi connectivity index (χ0v) is 13.9. The van der Waals surface area contributed by atoms with Crippen molar-refractivity contribution in [2.24, 2.45) is 0 Å². The Labute approximate surface area is 127 Å². The van der Waals surface area contributed by atoms with Crippen LogP contribution in [0.25, 0.3) is 0 Å². The van der Waals surface area contributed by atoms with Crippen molar-refractivity contribution < 1.29 is 4.74 Å². The molecule has 118 valence electrons. The summed E-state index contributed by atoms with van der Waals surface area (Å²) in [5, 5.41) is 6.84. The minimum atomic E-state index is -0.0647. The van der Waals surface area contributed by atoms with E-state index in [9.17, 15) is 0 Å². The highest BCUT2D eigenvalue weighted by atomic mass is 16.5. The first kappa shape index (κ1) is 16.0. The summed E-state index contributed by atoms with van der Waals surface area (Å²) < 4.78 is 5.60. The molecular formula is C16H28N4O. The van der Waals surface area contributed by atoms with Crippen molar-refractivity contribution in [2.45, 2.75) is 65.0 Å². The molecule has 0 amide bonds. The van der Waals surface area contributed by atoms with Crippen LogP contribution in [-0.4, -0.2) is 35.3 Å². The summed E-state index contributed by atoms with van der Waals surface area (Å²) in [6.45, 7) is 12.3. The van der Waals surface area contributed by atoms with Crippen LogP contribution in [0.4, 0.5) is 11.6 Å². The summed E-state index contributed by atoms with van der Waals surface area (Å²) in [4.78, 5) is 9.32. The van der Waals surface area contributed by atoms with Gasteiger partial charge in [-0.2, -0.15) is 0 Å². The Bertz CT molecular complexity index is 470. The molecule has 1 aliphatic rings. The molecule has 0 radical (unpaired) electrons. The van der Waals surface area contributed by atoms with Crippen LogP contribution in [0.15, 0.2) is 6.07 Å². The summed E-state index contributed by atoms with van der Waals surface area (Å²) >= 11 is 0. The average molecular weight is 292 g/mol. The first-order valence-corrected chi connectivity index (χ1v) is 7.90. The van der Waals surface area contributed by atoms with Gasteiger partial charge in [0, 0.05) is 30.7 Å². The summed E-state index contributed by atoms with van der Waals surface area (Å²) in [6, 6.07) is 2.42. The van der Waals surface area contributed by atoms with Crippen molar-refractivity contribution in [2.75, 3.05) is 23.8 Å². The van der Waals surface area contributed by atoms with E-state index in [4.69, 9.17) is 9.72 Å². The normalized spacial score (nSPS) is 22.9. The second-order valence-electron chi connectivity index (χ2n) is 6.79. The Morgan fingerprint density at radius 1 is 1.29 bits per heavy atom. The van der Waals surface area contributed by atoms with E-state index in [2.05, 4.69) is 50.2 Å². The van der Waals surface area contributed by atoms with Gasteiger partial charge in [0.15, 0.2) is 0 Å². The van der Waals surface area contributed by atoms with E-state index >= 15 is 0 Å². The highest BCUT2D eigenvalue weighted by Gasteiger charge is 2.22. The minimum Gasteiger partial charge on any atom is -0.378 e. The lowest BCUT2D eigenvalue weighted by Gasteiger charge is -2.29. The third-order valence-corrected chi connectivity index (χ3v) is 3.59. The predicted octanol–water partition coefficient (Wildman–Crippen LogP) is 3.19. The summed E-state index contributed by atoms with van der Waals surface area (Å²) in [7, 11) is 0. The Morgan fingerprint density at radius 3 is 2.62 bits per heavy atom. The van der Waals surface area contributed by atoms with Gasteiger partial charge in [-0.15, -0.1) is 0 Å². The standard InChI is InChI=1S/C16H28N4O/c1-6-17-13-10-14(20-15(19-13)16(3,4)5)18-12-7-8-21-11(2)9-12/h10-12H,6-9H2,1-5H3,(H2,17,18,19,20). The maximum atomic E-state index is 5.60. The number of hydrogen-bond donors (Lipinski definition) is 2. The lowest BCUT2D eigenvalue weighted by atomic mass is 9.95. The van der Waals surface area contributed by atoms with E-state index in [1.54, 1.807) is 0 Å². The molecule has 1 fully saturated rings. The van der Waals surface area contributed by atoms with Gasteiger partial charge < -0.3 is 15.4 Å². The molecule has 2 atom stereocenters. The van der Waals surface area contributed by atoms with Crippen molar-refractivity contribution in [3.8, 4) is 0 Å². The molecule has 2 N–H and O–H groups in total. The second kappa shape index (κ2) is 6.60. The molecule has 0 aliphatic carbocycles. The van der Waals surface area contributed by atoms with Gasteiger partial charge >= 0.3 is 0 Å². The van der Waals surface area contributed by atoms with Crippen LogP contribution >= 0.6 is 0 Å². The number of nitrogens with one attached hydrogen (secondary N) is 2. The van der Waals surface area contributed by atoms with Crippen molar-refractivity contribution in [1.29, 1.82) is 0 Å². The first-order valence-electron chi connectivity index (χ1n) is 7.90. The molecule has 2 rings (SSSR count). The Kier molecular flexibility index (Phi) is 5.04. The lowest BCUT2D eigenvalue weighted by Crippen LogP contribution is -2.33. The number of rotatable bonds is 4. The van der Waals surface area contributed by atoms with Gasteiger partial charge in [0.2, 0.25) is 0 Å². The molecule has 0 bridgehead atoms. The van der Waals surface area contributed by atoms with Gasteiger partial charge in [-0.25, -0.2) is 9.97 Å². The fourth-order valence-electron chi connectivity index (χ4n) is 2.47. The number of ether oxygens (including phenoxy) is 1. The fraction of sp³-hybridized carbons (Fsp3) is 0.750. The summed E-state index contributed by atoms with van der Waals surface area (Å²) in [5.41, 5.74) is -0.0647. The van der Waals surface area contributed by atoms with E-state index in [0.717, 1.165) is 43.5 Å². The van der Waals surface area contributed by atoms with E-state index in [1.807, 2.05) is 6.07 Å². The maximum Gasteiger partial charge on any atom is 0.138 e. The minimum absolute atomic E-state index is 0.0647. The fourth-order valence-corrected chi connectivity index (χ4v) is 2.47. The molecule has 21 heavy (non-hydrogen) atoms. The summed E-state index contributed by atoms with van der Waals surface area (Å²) in [6.07, 6.45) is 2.36. The number of nitrogens with zero attached hydrogens (tertiary/aromatic N) is 2. The Morgan fingerprint density at radius 2 is 2.00 bits per heavy atom. The van der Waals surface area contributed by atoms with Crippen molar-refractivity contribution in [1.82, 2.24) is 9.97 Å². The number of aromatic nitrogens is 2. The van der Waals surface area contributed by atoms with Crippen LogP contribution < -0.4 is 10.6 Å². The molecule has 1 aromatic rings. The highest BCUT2D eigenvalue weighted by molar-refractivity contribution is 5.48. The average Bonchev–Trinajstić information content (AvgIpc) is 2.37. The molecular weight excluding hydrogens is 264 g/mol. The summed E-state index contributed by atoms with van der Waals surface area (Å²) in [5.74, 6) is 2.66. The topological polar surface area (TPSA) is 59.1 Å². The quantitative estimate of drug-likeness (QED) is 0.892. The van der Waals surface area contributed by atoms with Crippen molar-refractivity contribution in [3.63, 3.8) is 0 Å². The molecule has 1 aromatic heterocycles. The zero-order chi connectivity index (χ0) is 15.5. The molecule has 5 heteroatoms. The van der Waals surface area contributed by atoms with Gasteiger partial charge in [-0.3, -0.25) is 0 Å². The SMILES string of the molecule is CCNc1cc(NC2CCOC(C)C2)nc(C(C)(C)C)n1. The molecule has 0 aromatic carbocycles. The number of anilines is 2. The van der Waals surface area contributed by atoms with Gasteiger partial charge in [-0.1, -0.05) is 20.8 Å². The molecule has 1 aliphatic heterocycles. The molecule has 0 saturated carbocycles. The Balaban J connectivity index is 2.19. The molecule has 2 unspecified atom stereocenters. The van der Waals surface area contributed by atoms with Gasteiger partial charge in [0.05, 0.1) is 6.10 Å². The van der Waals surface area contributed by atoms with Crippen molar-refractivity contribution in [3.05, 3.63) is 11.9 Å². The second-order valence-corrected chi connectivity index (χ2v) is 6.79. The lowest BCUT2D eigenvalue weighted by molar-refractivity contribution is 0.0232. The molecule has 5 nitrogen and oxygen atoms in total. The van der Waals surface area contributed by atoms with Crippen LogP contribution in [0.1, 0.15) is 53.3 Å². The maximum absolute atomic E-state index is 5.60. The van der Waals surface area contributed by atoms with E-state index in [1.165, 1.54) is 0 Å². The number of hydrogen-bond acceptors (Lipinski definition) is 5. The van der Waals surface area contributed by atoms with Crippen LogP contribution in [0, 0.1) is 0 Å². The van der Waals surface area contributed by atoms with E-state index in [0.29, 0.717) is 12.1 Å². The van der Waals surface area contributed by atoms with Gasteiger partial charge in [-0.05, 0) is 26.7 Å². The zero-order valence-electron chi connectivity index (χ0n) is 13.9. The predicted molar refractivity (Wildman–Crippen MR) is 87.0 cm³/mol. The molecule has 2 heterocycles. The Hall–Kier alpha value is -1.36. The monoisotopic (exact) mass is 292 g/mol. The van der Waals surface area contributed by atoms with Crippen molar-refractivity contribution >= 4 is 11.6 Å². The van der Waals surface area contributed by atoms with Crippen LogP contribution in [-0.2, 0) is 10.2 Å². The van der Waals surface area contributed by atoms with Gasteiger partial charge in [0.25, 0.3) is 0 Å². The van der Waals surface area contributed by atoms with Gasteiger partial charge in [0.1, 0.15) is 17.5 Å². The van der Waals surface area contributed by atoms with E-state index in [-0.39, 0.29) is 5.41 Å². The van der Waals surface area contributed by atoms with E-state index < -0.39 is 0 Å².